The number of piperidine rings is 1. The molecular formula is C19H25N3OS. The van der Waals surface area contributed by atoms with Crippen LogP contribution in [0.4, 0.5) is 0 Å². The molecule has 1 atom stereocenters. The van der Waals surface area contributed by atoms with Gasteiger partial charge in [0, 0.05) is 23.7 Å². The molecule has 1 N–H and O–H groups in total. The summed E-state index contributed by atoms with van der Waals surface area (Å²) in [6, 6.07) is 8.18. The van der Waals surface area contributed by atoms with Crippen LogP contribution in [0.3, 0.4) is 0 Å². The van der Waals surface area contributed by atoms with Gasteiger partial charge in [-0.1, -0.05) is 12.1 Å². The number of carbonyl (C=O) groups is 1. The van der Waals surface area contributed by atoms with Crippen LogP contribution in [0.1, 0.15) is 46.6 Å². The first kappa shape index (κ1) is 17.1. The summed E-state index contributed by atoms with van der Waals surface area (Å²) in [5, 5.41) is 3.41. The zero-order chi connectivity index (χ0) is 16.9. The van der Waals surface area contributed by atoms with Gasteiger partial charge in [0.05, 0.1) is 11.6 Å². The standard InChI is InChI=1S/C19H25N3OS/c1-14(18-12-21-13-24-18)22(2)19(23)17-5-3-4-16(11-17)10-15-6-8-20-9-7-15/h3-5,11-15,20H,6-10H2,1-2H3/t14-/m1/s1. The number of hydrogen-bond acceptors (Lipinski definition) is 4. The molecule has 0 unspecified atom stereocenters. The Morgan fingerprint density at radius 3 is 2.92 bits per heavy atom. The number of rotatable bonds is 5. The van der Waals surface area contributed by atoms with E-state index in [9.17, 15) is 4.79 Å². The number of nitrogens with one attached hydrogen (secondary N) is 1. The highest BCUT2D eigenvalue weighted by molar-refractivity contribution is 7.09. The molecule has 1 fully saturated rings. The van der Waals surface area contributed by atoms with E-state index in [1.807, 2.05) is 37.8 Å². The molecule has 1 amide bonds. The van der Waals surface area contributed by atoms with Crippen molar-refractivity contribution >= 4 is 17.2 Å². The predicted molar refractivity (Wildman–Crippen MR) is 98.4 cm³/mol. The van der Waals surface area contributed by atoms with Crippen LogP contribution in [-0.4, -0.2) is 35.9 Å². The maximum atomic E-state index is 12.8. The van der Waals surface area contributed by atoms with Crippen molar-refractivity contribution in [2.24, 2.45) is 5.92 Å². The van der Waals surface area contributed by atoms with E-state index in [1.54, 1.807) is 16.2 Å². The Bertz CT molecular complexity index is 665. The SMILES string of the molecule is C[C@H](c1cncs1)N(C)C(=O)c1cccc(CC2CCNCC2)c1. The Morgan fingerprint density at radius 1 is 1.42 bits per heavy atom. The molecule has 3 rings (SSSR count). The second-order valence-corrected chi connectivity index (χ2v) is 7.51. The van der Waals surface area contributed by atoms with Crippen molar-refractivity contribution in [2.75, 3.05) is 20.1 Å². The van der Waals surface area contributed by atoms with Gasteiger partial charge in [-0.3, -0.25) is 9.78 Å². The molecule has 1 saturated heterocycles. The van der Waals surface area contributed by atoms with Gasteiger partial charge in [0.25, 0.3) is 5.91 Å². The lowest BCUT2D eigenvalue weighted by molar-refractivity contribution is 0.0744. The van der Waals surface area contributed by atoms with Crippen LogP contribution >= 0.6 is 11.3 Å². The third kappa shape index (κ3) is 4.02. The summed E-state index contributed by atoms with van der Waals surface area (Å²) in [4.78, 5) is 19.8. The summed E-state index contributed by atoms with van der Waals surface area (Å²) in [6.45, 7) is 4.26. The second kappa shape index (κ2) is 7.90. The zero-order valence-corrected chi connectivity index (χ0v) is 15.2. The largest absolute Gasteiger partial charge is 0.334 e. The summed E-state index contributed by atoms with van der Waals surface area (Å²) in [6.07, 6.45) is 5.35. The van der Waals surface area contributed by atoms with Gasteiger partial charge in [-0.25, -0.2) is 0 Å². The molecule has 2 aromatic rings. The van der Waals surface area contributed by atoms with Crippen molar-refractivity contribution in [1.29, 1.82) is 0 Å². The molecule has 128 valence electrons. The average Bonchev–Trinajstić information content (AvgIpc) is 3.15. The Balaban J connectivity index is 1.69. The van der Waals surface area contributed by atoms with Crippen molar-refractivity contribution in [3.63, 3.8) is 0 Å². The molecule has 0 bridgehead atoms. The van der Waals surface area contributed by atoms with E-state index in [0.717, 1.165) is 35.9 Å². The molecule has 0 saturated carbocycles. The lowest BCUT2D eigenvalue weighted by Crippen LogP contribution is -2.30. The third-order valence-electron chi connectivity index (χ3n) is 4.92. The molecule has 1 aliphatic heterocycles. The van der Waals surface area contributed by atoms with Gasteiger partial charge in [-0.2, -0.15) is 0 Å². The Morgan fingerprint density at radius 2 is 2.21 bits per heavy atom. The monoisotopic (exact) mass is 343 g/mol. The molecule has 1 aliphatic rings. The van der Waals surface area contributed by atoms with Crippen molar-refractivity contribution in [2.45, 2.75) is 32.2 Å². The van der Waals surface area contributed by atoms with Crippen LogP contribution < -0.4 is 5.32 Å². The quantitative estimate of drug-likeness (QED) is 0.903. The summed E-state index contributed by atoms with van der Waals surface area (Å²) < 4.78 is 0. The topological polar surface area (TPSA) is 45.2 Å². The first-order valence-corrected chi connectivity index (χ1v) is 9.48. The number of aromatic nitrogens is 1. The van der Waals surface area contributed by atoms with E-state index in [1.165, 1.54) is 18.4 Å². The summed E-state index contributed by atoms with van der Waals surface area (Å²) in [5.41, 5.74) is 3.86. The maximum Gasteiger partial charge on any atom is 0.254 e. The molecule has 5 heteroatoms. The highest BCUT2D eigenvalue weighted by atomic mass is 32.1. The number of benzene rings is 1. The fourth-order valence-corrected chi connectivity index (χ4v) is 3.97. The van der Waals surface area contributed by atoms with Crippen LogP contribution in [0.15, 0.2) is 36.0 Å². The zero-order valence-electron chi connectivity index (χ0n) is 14.4. The van der Waals surface area contributed by atoms with Gasteiger partial charge in [0.1, 0.15) is 0 Å². The summed E-state index contributed by atoms with van der Waals surface area (Å²) in [5.74, 6) is 0.800. The number of hydrogen-bond donors (Lipinski definition) is 1. The van der Waals surface area contributed by atoms with Gasteiger partial charge in [0.2, 0.25) is 0 Å². The van der Waals surface area contributed by atoms with Gasteiger partial charge in [-0.05, 0) is 62.9 Å². The summed E-state index contributed by atoms with van der Waals surface area (Å²) in [7, 11) is 1.87. The number of carbonyl (C=O) groups excluding carboxylic acids is 1. The number of amides is 1. The maximum absolute atomic E-state index is 12.8. The van der Waals surface area contributed by atoms with Crippen LogP contribution in [0.5, 0.6) is 0 Å². The minimum Gasteiger partial charge on any atom is -0.334 e. The molecule has 0 radical (unpaired) electrons. The third-order valence-corrected chi connectivity index (χ3v) is 5.87. The van der Waals surface area contributed by atoms with E-state index in [-0.39, 0.29) is 11.9 Å². The van der Waals surface area contributed by atoms with Crippen molar-refractivity contribution < 1.29 is 4.79 Å². The Labute approximate surface area is 147 Å². The van der Waals surface area contributed by atoms with Crippen LogP contribution in [0.25, 0.3) is 0 Å². The van der Waals surface area contributed by atoms with E-state index >= 15 is 0 Å². The van der Waals surface area contributed by atoms with E-state index in [2.05, 4.69) is 22.4 Å². The number of nitrogens with zero attached hydrogens (tertiary/aromatic N) is 2. The normalized spacial score (nSPS) is 16.8. The van der Waals surface area contributed by atoms with E-state index < -0.39 is 0 Å². The lowest BCUT2D eigenvalue weighted by atomic mass is 9.90. The fraction of sp³-hybridized carbons (Fsp3) is 0.474. The first-order chi connectivity index (χ1) is 11.6. The Kier molecular flexibility index (Phi) is 5.63. The van der Waals surface area contributed by atoms with Crippen molar-refractivity contribution in [3.05, 3.63) is 52.0 Å². The van der Waals surface area contributed by atoms with Gasteiger partial charge in [-0.15, -0.1) is 11.3 Å². The molecule has 24 heavy (non-hydrogen) atoms. The van der Waals surface area contributed by atoms with Crippen LogP contribution in [0.2, 0.25) is 0 Å². The lowest BCUT2D eigenvalue weighted by Gasteiger charge is -2.25. The highest BCUT2D eigenvalue weighted by Crippen LogP contribution is 2.24. The smallest absolute Gasteiger partial charge is 0.254 e. The predicted octanol–water partition coefficient (Wildman–Crippen LogP) is 3.52. The highest BCUT2D eigenvalue weighted by Gasteiger charge is 2.20. The van der Waals surface area contributed by atoms with E-state index in [0.29, 0.717) is 0 Å². The second-order valence-electron chi connectivity index (χ2n) is 6.59. The average molecular weight is 343 g/mol. The molecule has 1 aromatic heterocycles. The molecule has 0 aliphatic carbocycles. The first-order valence-electron chi connectivity index (χ1n) is 8.60. The van der Waals surface area contributed by atoms with E-state index in [4.69, 9.17) is 0 Å². The molecule has 1 aromatic carbocycles. The number of thiazole rings is 1. The van der Waals surface area contributed by atoms with Gasteiger partial charge >= 0.3 is 0 Å². The van der Waals surface area contributed by atoms with Crippen molar-refractivity contribution in [1.82, 2.24) is 15.2 Å². The van der Waals surface area contributed by atoms with Gasteiger partial charge in [0.15, 0.2) is 0 Å². The summed E-state index contributed by atoms with van der Waals surface area (Å²) >= 11 is 1.59. The molecular weight excluding hydrogens is 318 g/mol. The van der Waals surface area contributed by atoms with Crippen molar-refractivity contribution in [3.8, 4) is 0 Å². The van der Waals surface area contributed by atoms with Gasteiger partial charge < -0.3 is 10.2 Å². The minimum absolute atomic E-state index is 0.0399. The van der Waals surface area contributed by atoms with Crippen LogP contribution in [-0.2, 0) is 6.42 Å². The molecule has 2 heterocycles. The van der Waals surface area contributed by atoms with Crippen LogP contribution in [0, 0.1) is 5.92 Å². The Hall–Kier alpha value is -1.72. The molecule has 4 nitrogen and oxygen atoms in total. The fourth-order valence-electron chi connectivity index (χ4n) is 3.25. The molecule has 0 spiro atoms. The minimum atomic E-state index is 0.0399.